The summed E-state index contributed by atoms with van der Waals surface area (Å²) in [5, 5.41) is 5.29. The number of hydrogen-bond acceptors (Lipinski definition) is 4. The van der Waals surface area contributed by atoms with Crippen LogP contribution in [0.5, 0.6) is 0 Å². The van der Waals surface area contributed by atoms with E-state index in [2.05, 4.69) is 12.2 Å². The van der Waals surface area contributed by atoms with Gasteiger partial charge in [0.15, 0.2) is 0 Å². The zero-order valence-corrected chi connectivity index (χ0v) is 12.3. The molecular weight excluding hydrogens is 272 g/mol. The van der Waals surface area contributed by atoms with Gasteiger partial charge in [0.1, 0.15) is 0 Å². The van der Waals surface area contributed by atoms with Crippen molar-refractivity contribution in [2.75, 3.05) is 26.7 Å². The molecule has 0 bridgehead atoms. The van der Waals surface area contributed by atoms with Crippen LogP contribution in [0.15, 0.2) is 11.4 Å². The first kappa shape index (κ1) is 15.4. The molecule has 1 aromatic rings. The fraction of sp³-hybridized carbons (Fsp3) is 0.583. The van der Waals surface area contributed by atoms with Crippen molar-refractivity contribution < 1.29 is 9.53 Å². The highest BCUT2D eigenvalue weighted by atomic mass is 35.5. The molecule has 4 nitrogen and oxygen atoms in total. The number of nitrogens with zero attached hydrogens (tertiary/aromatic N) is 1. The van der Waals surface area contributed by atoms with Crippen LogP contribution in [-0.2, 0) is 11.3 Å². The van der Waals surface area contributed by atoms with Crippen molar-refractivity contribution in [2.24, 2.45) is 0 Å². The molecule has 0 radical (unpaired) electrons. The summed E-state index contributed by atoms with van der Waals surface area (Å²) in [5.74, 6) is 0.139. The van der Waals surface area contributed by atoms with E-state index in [0.29, 0.717) is 12.6 Å². The first-order valence-electron chi connectivity index (χ1n) is 5.80. The Hall–Kier alpha value is -0.620. The molecule has 2 heterocycles. The molecule has 1 N–H and O–H groups in total. The molecule has 1 fully saturated rings. The van der Waals surface area contributed by atoms with Crippen LogP contribution in [0.25, 0.3) is 0 Å². The van der Waals surface area contributed by atoms with Gasteiger partial charge in [0.2, 0.25) is 0 Å². The van der Waals surface area contributed by atoms with E-state index in [9.17, 15) is 4.79 Å². The molecule has 0 spiro atoms. The predicted octanol–water partition coefficient (Wildman–Crippen LogP) is 1.75. The van der Waals surface area contributed by atoms with Gasteiger partial charge in [0.25, 0.3) is 5.91 Å². The average molecular weight is 291 g/mol. The fourth-order valence-corrected chi connectivity index (χ4v) is 2.93. The van der Waals surface area contributed by atoms with Crippen LogP contribution in [-0.4, -0.2) is 43.6 Å². The van der Waals surface area contributed by atoms with Crippen LogP contribution < -0.4 is 5.32 Å². The van der Waals surface area contributed by atoms with Gasteiger partial charge in [-0.05, 0) is 18.4 Å². The number of halogens is 1. The summed E-state index contributed by atoms with van der Waals surface area (Å²) in [6.07, 6.45) is 0. The zero-order valence-electron chi connectivity index (χ0n) is 10.6. The van der Waals surface area contributed by atoms with Crippen molar-refractivity contribution in [3.63, 3.8) is 0 Å². The highest BCUT2D eigenvalue weighted by Gasteiger charge is 2.24. The summed E-state index contributed by atoms with van der Waals surface area (Å²) < 4.78 is 5.11. The zero-order chi connectivity index (χ0) is 12.3. The maximum Gasteiger partial charge on any atom is 0.264 e. The maximum absolute atomic E-state index is 12.4. The maximum atomic E-state index is 12.4. The Morgan fingerprint density at radius 3 is 3.11 bits per heavy atom. The van der Waals surface area contributed by atoms with Crippen LogP contribution in [0.3, 0.4) is 0 Å². The van der Waals surface area contributed by atoms with Gasteiger partial charge in [-0.15, -0.1) is 23.7 Å². The normalized spacial score (nSPS) is 19.4. The van der Waals surface area contributed by atoms with Gasteiger partial charge in [0, 0.05) is 38.3 Å². The predicted molar refractivity (Wildman–Crippen MR) is 75.6 cm³/mol. The van der Waals surface area contributed by atoms with E-state index in [-0.39, 0.29) is 18.3 Å². The van der Waals surface area contributed by atoms with E-state index in [0.717, 1.165) is 30.1 Å². The third kappa shape index (κ3) is 3.45. The van der Waals surface area contributed by atoms with E-state index in [1.54, 1.807) is 7.11 Å². The standard InChI is InChI=1S/C12H18N2O2S.ClH/c1-9-7-14(5-4-13-9)12(15)11-10(8-16-2)3-6-17-11;/h3,6,9,13H,4-5,7-8H2,1-2H3;1H/t9-;/m1./s1. The van der Waals surface area contributed by atoms with Crippen LogP contribution in [0.1, 0.15) is 22.2 Å². The van der Waals surface area contributed by atoms with Crippen LogP contribution in [0.4, 0.5) is 0 Å². The Kier molecular flexibility index (Phi) is 6.08. The molecule has 1 aliphatic heterocycles. The van der Waals surface area contributed by atoms with E-state index in [1.165, 1.54) is 11.3 Å². The van der Waals surface area contributed by atoms with E-state index in [4.69, 9.17) is 4.74 Å². The Balaban J connectivity index is 0.00000162. The molecule has 1 aromatic heterocycles. The van der Waals surface area contributed by atoms with Gasteiger partial charge in [0.05, 0.1) is 11.5 Å². The summed E-state index contributed by atoms with van der Waals surface area (Å²) in [6, 6.07) is 2.34. The molecular formula is C12H19ClN2O2S. The largest absolute Gasteiger partial charge is 0.380 e. The second-order valence-corrected chi connectivity index (χ2v) is 5.23. The van der Waals surface area contributed by atoms with Crippen molar-refractivity contribution in [3.8, 4) is 0 Å². The number of amides is 1. The van der Waals surface area contributed by atoms with E-state index < -0.39 is 0 Å². The summed E-state index contributed by atoms with van der Waals surface area (Å²) in [6.45, 7) is 5.05. The van der Waals surface area contributed by atoms with Gasteiger partial charge in [-0.3, -0.25) is 4.79 Å². The van der Waals surface area contributed by atoms with Gasteiger partial charge in [-0.2, -0.15) is 0 Å². The van der Waals surface area contributed by atoms with Gasteiger partial charge in [-0.1, -0.05) is 0 Å². The highest BCUT2D eigenvalue weighted by Crippen LogP contribution is 2.20. The summed E-state index contributed by atoms with van der Waals surface area (Å²) in [7, 11) is 1.65. The fourth-order valence-electron chi connectivity index (χ4n) is 2.05. The number of thiophene rings is 1. The van der Waals surface area contributed by atoms with Gasteiger partial charge in [-0.25, -0.2) is 0 Å². The number of hydrogen-bond donors (Lipinski definition) is 1. The molecule has 18 heavy (non-hydrogen) atoms. The van der Waals surface area contributed by atoms with Crippen LogP contribution in [0.2, 0.25) is 0 Å². The quantitative estimate of drug-likeness (QED) is 0.922. The Morgan fingerprint density at radius 2 is 2.44 bits per heavy atom. The van der Waals surface area contributed by atoms with E-state index >= 15 is 0 Å². The molecule has 1 aliphatic rings. The molecule has 1 saturated heterocycles. The molecule has 0 saturated carbocycles. The molecule has 0 aromatic carbocycles. The number of methoxy groups -OCH3 is 1. The minimum atomic E-state index is 0. The van der Waals surface area contributed by atoms with Gasteiger partial charge < -0.3 is 15.0 Å². The third-order valence-electron chi connectivity index (χ3n) is 2.90. The Bertz CT molecular complexity index is 397. The second kappa shape index (κ2) is 7.09. The van der Waals surface area contributed by atoms with Crippen LogP contribution in [0, 0.1) is 0 Å². The first-order chi connectivity index (χ1) is 8.22. The Labute approximate surface area is 118 Å². The topological polar surface area (TPSA) is 41.6 Å². The number of ether oxygens (including phenoxy) is 1. The molecule has 102 valence electrons. The SMILES string of the molecule is COCc1ccsc1C(=O)N1CCN[C@H](C)C1.Cl. The van der Waals surface area contributed by atoms with Crippen molar-refractivity contribution >= 4 is 29.7 Å². The highest BCUT2D eigenvalue weighted by molar-refractivity contribution is 7.12. The summed E-state index contributed by atoms with van der Waals surface area (Å²) in [4.78, 5) is 15.1. The third-order valence-corrected chi connectivity index (χ3v) is 3.84. The molecule has 2 rings (SSSR count). The van der Waals surface area contributed by atoms with Crippen molar-refractivity contribution in [3.05, 3.63) is 21.9 Å². The lowest BCUT2D eigenvalue weighted by Crippen LogP contribution is -2.51. The first-order valence-corrected chi connectivity index (χ1v) is 6.68. The monoisotopic (exact) mass is 290 g/mol. The summed E-state index contributed by atoms with van der Waals surface area (Å²) >= 11 is 1.50. The lowest BCUT2D eigenvalue weighted by atomic mass is 10.2. The molecule has 0 unspecified atom stereocenters. The average Bonchev–Trinajstić information content (AvgIpc) is 2.77. The number of rotatable bonds is 3. The minimum Gasteiger partial charge on any atom is -0.380 e. The molecule has 1 atom stereocenters. The van der Waals surface area contributed by atoms with Crippen molar-refractivity contribution in [2.45, 2.75) is 19.6 Å². The Morgan fingerprint density at radius 1 is 1.67 bits per heavy atom. The molecule has 1 amide bonds. The summed E-state index contributed by atoms with van der Waals surface area (Å²) in [5.41, 5.74) is 0.994. The van der Waals surface area contributed by atoms with Crippen molar-refractivity contribution in [1.29, 1.82) is 0 Å². The lowest BCUT2D eigenvalue weighted by molar-refractivity contribution is 0.0710. The number of piperazine rings is 1. The van der Waals surface area contributed by atoms with Crippen LogP contribution >= 0.6 is 23.7 Å². The smallest absolute Gasteiger partial charge is 0.264 e. The van der Waals surface area contributed by atoms with E-state index in [1.807, 2.05) is 16.3 Å². The minimum absolute atomic E-state index is 0. The molecule has 6 heteroatoms. The number of carbonyl (C=O) groups excluding carboxylic acids is 1. The number of carbonyl (C=O) groups is 1. The molecule has 0 aliphatic carbocycles. The van der Waals surface area contributed by atoms with Crippen molar-refractivity contribution in [1.82, 2.24) is 10.2 Å². The lowest BCUT2D eigenvalue weighted by Gasteiger charge is -2.31. The van der Waals surface area contributed by atoms with Gasteiger partial charge >= 0.3 is 0 Å². The number of nitrogens with one attached hydrogen (secondary N) is 1. The second-order valence-electron chi connectivity index (χ2n) is 4.31.